The molecule has 0 unspecified atom stereocenters. The Hall–Kier alpha value is -6.19. The van der Waals surface area contributed by atoms with Gasteiger partial charge in [-0.15, -0.1) is 10.2 Å². The number of benzene rings is 2. The van der Waals surface area contributed by atoms with Crippen LogP contribution in [0.3, 0.4) is 0 Å². The number of nitrogens with zero attached hydrogens (tertiary/aromatic N) is 9. The Labute approximate surface area is 335 Å². The van der Waals surface area contributed by atoms with Crippen LogP contribution >= 0.6 is 0 Å². The minimum atomic E-state index is -0.760. The fraction of sp³-hybridized carbons (Fsp3) is 0.444. The molecule has 0 aliphatic rings. The summed E-state index contributed by atoms with van der Waals surface area (Å²) in [4.78, 5) is 27.3. The fourth-order valence-corrected chi connectivity index (χ4v) is 6.76. The van der Waals surface area contributed by atoms with Gasteiger partial charge in [-0.25, -0.2) is 0 Å². The van der Waals surface area contributed by atoms with E-state index in [1.54, 1.807) is 0 Å². The van der Waals surface area contributed by atoms with Crippen LogP contribution < -0.4 is 11.1 Å². The lowest BCUT2D eigenvalue weighted by Gasteiger charge is -2.16. The summed E-state index contributed by atoms with van der Waals surface area (Å²) in [5.74, 6) is -0.614. The van der Waals surface area contributed by atoms with E-state index in [4.69, 9.17) is 0 Å². The zero-order chi connectivity index (χ0) is 41.2. The van der Waals surface area contributed by atoms with Gasteiger partial charge in [0.1, 0.15) is 35.0 Å². The Bertz CT molecular complexity index is 2280. The molecule has 2 aromatic heterocycles. The molecule has 0 amide bonds. The average molecular weight is 768 g/mol. The summed E-state index contributed by atoms with van der Waals surface area (Å²) in [6.07, 6.45) is 16.5. The highest BCUT2D eigenvalue weighted by Crippen LogP contribution is 2.30. The van der Waals surface area contributed by atoms with Gasteiger partial charge in [0.25, 0.3) is 11.1 Å². The smallest absolute Gasteiger partial charge is 0.281 e. The maximum Gasteiger partial charge on any atom is 0.281 e. The molecule has 2 heterocycles. The van der Waals surface area contributed by atoms with Gasteiger partial charge >= 0.3 is 0 Å². The van der Waals surface area contributed by atoms with Gasteiger partial charge in [-0.2, -0.15) is 26.0 Å². The molecule has 0 aliphatic carbocycles. The summed E-state index contributed by atoms with van der Waals surface area (Å²) < 4.78 is 1.95. The molecule has 4 rings (SSSR count). The van der Waals surface area contributed by atoms with E-state index in [9.17, 15) is 30.5 Å². The van der Waals surface area contributed by atoms with Gasteiger partial charge in [0.2, 0.25) is 5.88 Å². The first-order valence-corrected chi connectivity index (χ1v) is 20.1. The van der Waals surface area contributed by atoms with Crippen LogP contribution in [0.1, 0.15) is 130 Å². The van der Waals surface area contributed by atoms with Crippen LogP contribution in [0.15, 0.2) is 78.6 Å². The van der Waals surface area contributed by atoms with E-state index < -0.39 is 17.0 Å². The minimum Gasteiger partial charge on any atom is -0.493 e. The molecular weight excluding hydrogens is 715 g/mol. The molecule has 0 saturated carbocycles. The number of hydrogen-bond acceptors (Lipinski definition) is 10. The van der Waals surface area contributed by atoms with Crippen molar-refractivity contribution in [2.45, 2.75) is 131 Å². The van der Waals surface area contributed by atoms with Crippen molar-refractivity contribution in [1.82, 2.24) is 9.13 Å². The number of aryl methyl sites for hydroxylation is 2. The van der Waals surface area contributed by atoms with Gasteiger partial charge in [-0.3, -0.25) is 18.7 Å². The van der Waals surface area contributed by atoms with E-state index in [1.165, 1.54) is 89.2 Å². The molecule has 0 aliphatic heterocycles. The lowest BCUT2D eigenvalue weighted by molar-refractivity contribution is 0.392. The van der Waals surface area contributed by atoms with E-state index in [0.717, 1.165) is 34.8 Å². The average Bonchev–Trinajstić information content (AvgIpc) is 3.21. The van der Waals surface area contributed by atoms with Crippen molar-refractivity contribution in [3.8, 4) is 24.1 Å². The predicted molar refractivity (Wildman–Crippen MR) is 222 cm³/mol. The zero-order valence-electron chi connectivity index (χ0n) is 33.7. The molecule has 1 N–H and O–H groups in total. The van der Waals surface area contributed by atoms with Crippen molar-refractivity contribution in [2.24, 2.45) is 20.5 Å². The Morgan fingerprint density at radius 1 is 0.544 bits per heavy atom. The molecule has 0 bridgehead atoms. The van der Waals surface area contributed by atoms with E-state index in [-0.39, 0.29) is 52.4 Å². The maximum absolute atomic E-state index is 13.8. The Morgan fingerprint density at radius 3 is 1.46 bits per heavy atom. The molecule has 0 saturated heterocycles. The number of hydrogen-bond donors (Lipinski definition) is 1. The summed E-state index contributed by atoms with van der Waals surface area (Å²) >= 11 is 0. The monoisotopic (exact) mass is 767 g/mol. The van der Waals surface area contributed by atoms with Crippen LogP contribution in [0, 0.1) is 47.8 Å². The van der Waals surface area contributed by atoms with Crippen LogP contribution in [0.4, 0.5) is 22.7 Å². The van der Waals surface area contributed by atoms with Crippen molar-refractivity contribution in [3.63, 3.8) is 0 Å². The van der Waals surface area contributed by atoms with Crippen molar-refractivity contribution in [2.75, 3.05) is 0 Å². The molecule has 0 atom stereocenters. The maximum atomic E-state index is 13.8. The third-order valence-electron chi connectivity index (χ3n) is 10.3. The topological polar surface area (TPSA) is 185 Å². The number of nitriles is 3. The van der Waals surface area contributed by atoms with Crippen molar-refractivity contribution in [1.29, 1.82) is 15.8 Å². The molecular formula is C45H53N9O3. The van der Waals surface area contributed by atoms with E-state index in [1.807, 2.05) is 66.7 Å². The fourth-order valence-electron chi connectivity index (χ4n) is 6.76. The molecule has 296 valence electrons. The van der Waals surface area contributed by atoms with Crippen LogP contribution in [0.2, 0.25) is 0 Å². The van der Waals surface area contributed by atoms with Crippen LogP contribution in [-0.4, -0.2) is 14.2 Å². The van der Waals surface area contributed by atoms with E-state index in [2.05, 4.69) is 34.3 Å². The van der Waals surface area contributed by atoms with Crippen molar-refractivity contribution < 1.29 is 5.11 Å². The molecule has 12 heteroatoms. The minimum absolute atomic E-state index is 0.0375. The summed E-state index contributed by atoms with van der Waals surface area (Å²) in [6.45, 7) is 6.78. The highest BCUT2D eigenvalue weighted by molar-refractivity contribution is 5.61. The second-order valence-electron chi connectivity index (χ2n) is 14.4. The Kier molecular flexibility index (Phi) is 17.1. The van der Waals surface area contributed by atoms with Gasteiger partial charge in [-0.05, 0) is 74.9 Å². The number of unbranched alkanes of at least 4 members (excludes halogenated alkanes) is 10. The Balaban J connectivity index is 1.57. The standard InChI is InChI=1S/C45H53N9O3/c1-5-7-9-11-13-15-17-34-19-23-36(24-20-34)49-51-41-32(3)38(29-46)43(55)53(40(41)31-48)27-28-54-44(56)39(30-47)33(4)42(45(54)57)52-50-37-25-21-35(22-26-37)18-16-14-12-10-8-6-2/h19-26,56H,5-18,27-28H2,1-4H3. The molecule has 0 spiro atoms. The number of pyridine rings is 2. The lowest BCUT2D eigenvalue weighted by Crippen LogP contribution is -2.30. The summed E-state index contributed by atoms with van der Waals surface area (Å²) in [7, 11) is 0. The highest BCUT2D eigenvalue weighted by Gasteiger charge is 2.23. The molecule has 2 aromatic carbocycles. The first-order valence-electron chi connectivity index (χ1n) is 20.1. The second-order valence-corrected chi connectivity index (χ2v) is 14.4. The summed E-state index contributed by atoms with van der Waals surface area (Å²) in [5, 5.41) is 58.3. The second kappa shape index (κ2) is 22.4. The number of aromatic hydroxyl groups is 1. The number of azo groups is 2. The molecule has 0 radical (unpaired) electrons. The Morgan fingerprint density at radius 2 is 0.982 bits per heavy atom. The summed E-state index contributed by atoms with van der Waals surface area (Å²) in [6, 6.07) is 21.1. The number of rotatable bonds is 21. The first-order chi connectivity index (χ1) is 27.7. The van der Waals surface area contributed by atoms with Crippen molar-refractivity contribution in [3.05, 3.63) is 108 Å². The van der Waals surface area contributed by atoms with Crippen LogP contribution in [-0.2, 0) is 25.9 Å². The van der Waals surface area contributed by atoms with Crippen LogP contribution in [0.25, 0.3) is 0 Å². The summed E-state index contributed by atoms with van der Waals surface area (Å²) in [5.41, 5.74) is 1.56. The molecule has 0 fully saturated rings. The molecule has 4 aromatic rings. The lowest BCUT2D eigenvalue weighted by atomic mass is 10.0. The molecule has 57 heavy (non-hydrogen) atoms. The number of aromatic nitrogens is 2. The predicted octanol–water partition coefficient (Wildman–Crippen LogP) is 11.3. The van der Waals surface area contributed by atoms with Crippen molar-refractivity contribution >= 4 is 22.7 Å². The van der Waals surface area contributed by atoms with Gasteiger partial charge in [0.05, 0.1) is 11.4 Å². The quantitative estimate of drug-likeness (QED) is 0.0649. The highest BCUT2D eigenvalue weighted by atomic mass is 16.3. The van der Waals surface area contributed by atoms with Gasteiger partial charge in [0.15, 0.2) is 11.4 Å². The van der Waals surface area contributed by atoms with Gasteiger partial charge in [-0.1, -0.05) is 102 Å². The van der Waals surface area contributed by atoms with E-state index >= 15 is 0 Å². The first kappa shape index (κ1) is 43.5. The normalized spacial score (nSPS) is 11.2. The SMILES string of the molecule is CCCCCCCCc1ccc(N=Nc2c(C)c(C#N)c(=O)n(CCn3c(O)c(C#N)c(C)c(N=Nc4ccc(CCCCCCCC)cc4)c3=O)c2C#N)cc1. The van der Waals surface area contributed by atoms with Gasteiger partial charge in [0, 0.05) is 24.2 Å². The third-order valence-corrected chi connectivity index (χ3v) is 10.3. The molecule has 12 nitrogen and oxygen atoms in total. The third kappa shape index (κ3) is 11.7. The largest absolute Gasteiger partial charge is 0.493 e. The van der Waals surface area contributed by atoms with Gasteiger partial charge < -0.3 is 5.11 Å². The van der Waals surface area contributed by atoms with Crippen LogP contribution in [0.5, 0.6) is 5.88 Å². The zero-order valence-corrected chi connectivity index (χ0v) is 33.7. The van der Waals surface area contributed by atoms with E-state index in [0.29, 0.717) is 11.4 Å².